The van der Waals surface area contributed by atoms with Gasteiger partial charge in [-0.1, -0.05) is 12.1 Å². The average Bonchev–Trinajstić information content (AvgIpc) is 2.81. The summed E-state index contributed by atoms with van der Waals surface area (Å²) in [4.78, 5) is 60.4. The normalized spacial score (nSPS) is 13.5. The van der Waals surface area contributed by atoms with Crippen molar-refractivity contribution in [2.45, 2.75) is 76.3 Å². The van der Waals surface area contributed by atoms with E-state index in [-0.39, 0.29) is 29.9 Å². The zero-order valence-electron chi connectivity index (χ0n) is 22.2. The molecule has 0 fully saturated rings. The zero-order valence-corrected chi connectivity index (χ0v) is 23.0. The number of nitrogens with one attached hydrogen (secondary N) is 4. The number of unbranched alkanes of at least 4 members (excludes halogenated alkanes) is 1. The van der Waals surface area contributed by atoms with Crippen molar-refractivity contribution in [3.05, 3.63) is 29.8 Å². The first-order valence-electron chi connectivity index (χ1n) is 12.2. The lowest BCUT2D eigenvalue weighted by molar-refractivity contribution is -0.142. The molecule has 0 bridgehead atoms. The molecule has 0 saturated carbocycles. The van der Waals surface area contributed by atoms with Crippen molar-refractivity contribution in [3.63, 3.8) is 0 Å². The Morgan fingerprint density at radius 1 is 0.947 bits per heavy atom. The van der Waals surface area contributed by atoms with Gasteiger partial charge >= 0.3 is 5.97 Å². The van der Waals surface area contributed by atoms with Gasteiger partial charge in [-0.05, 0) is 50.8 Å². The minimum absolute atomic E-state index is 0.0248. The topological polar surface area (TPSA) is 200 Å². The molecule has 0 spiro atoms. The number of carbonyl (C=O) groups excluding carboxylic acids is 4. The van der Waals surface area contributed by atoms with Gasteiger partial charge in [0.05, 0.1) is 11.9 Å². The number of aliphatic carboxylic acids is 1. The van der Waals surface area contributed by atoms with Crippen molar-refractivity contribution in [1.29, 1.82) is 0 Å². The Bertz CT molecular complexity index is 971. The first kappa shape index (κ1) is 32.7. The highest BCUT2D eigenvalue weighted by Crippen LogP contribution is 2.28. The summed E-state index contributed by atoms with van der Waals surface area (Å²) in [6.07, 6.45) is 1.47. The van der Waals surface area contributed by atoms with E-state index < -0.39 is 40.7 Å². The van der Waals surface area contributed by atoms with Crippen molar-refractivity contribution >= 4 is 41.4 Å². The summed E-state index contributed by atoms with van der Waals surface area (Å²) in [5.74, 6) is -2.80. The van der Waals surface area contributed by atoms with Gasteiger partial charge in [-0.2, -0.15) is 0 Å². The molecule has 0 aliphatic carbocycles. The monoisotopic (exact) mass is 553 g/mol. The summed E-state index contributed by atoms with van der Waals surface area (Å²) in [6, 6.07) is 2.53. The lowest BCUT2D eigenvalue weighted by Gasteiger charge is -2.34. The summed E-state index contributed by atoms with van der Waals surface area (Å²) in [5, 5.41) is 29.6. The number of carboxylic acid groups (broad SMARTS) is 1. The average molecular weight is 554 g/mol. The summed E-state index contributed by atoms with van der Waals surface area (Å²) in [5.41, 5.74) is 6.63. The Balaban J connectivity index is 2.98. The Morgan fingerprint density at radius 2 is 1.55 bits per heavy atom. The maximum atomic E-state index is 13.4. The fraction of sp³-hybridized carbons (Fsp3) is 0.560. The Kier molecular flexibility index (Phi) is 13.6. The lowest BCUT2D eigenvalue weighted by Crippen LogP contribution is -2.61. The molecule has 0 unspecified atom stereocenters. The van der Waals surface area contributed by atoms with Crippen LogP contribution in [0.1, 0.15) is 52.5 Å². The van der Waals surface area contributed by atoms with Crippen LogP contribution in [0.25, 0.3) is 0 Å². The highest BCUT2D eigenvalue weighted by Gasteiger charge is 2.39. The van der Waals surface area contributed by atoms with Crippen LogP contribution in [0.5, 0.6) is 5.75 Å². The standard InChI is InChI=1S/C25H39N5O7S/c1-15(31)27-12-6-5-7-19(26)22(34)30-21(25(3,4)38-14-28-16(2)32)23(35)29-20(24(36)37)13-17-8-10-18(33)11-9-17/h8-11,19-21,33H,5-7,12-14,26H2,1-4H3,(H,27,31)(H,28,32)(H,29,35)(H,30,34)(H,36,37)/t19-,20-,21+/m0/s1. The molecular weight excluding hydrogens is 514 g/mol. The molecule has 8 N–H and O–H groups in total. The van der Waals surface area contributed by atoms with Crippen LogP contribution in [-0.4, -0.2) is 75.1 Å². The van der Waals surface area contributed by atoms with Gasteiger partial charge in [0.1, 0.15) is 17.8 Å². The van der Waals surface area contributed by atoms with E-state index in [2.05, 4.69) is 21.3 Å². The number of hydrogen-bond acceptors (Lipinski definition) is 8. The summed E-state index contributed by atoms with van der Waals surface area (Å²) in [7, 11) is 0. The van der Waals surface area contributed by atoms with Crippen molar-refractivity contribution in [2.24, 2.45) is 5.73 Å². The van der Waals surface area contributed by atoms with Gasteiger partial charge in [-0.3, -0.25) is 19.2 Å². The van der Waals surface area contributed by atoms with Crippen LogP contribution in [0.4, 0.5) is 0 Å². The third-order valence-corrected chi connectivity index (χ3v) is 6.92. The SMILES string of the molecule is CC(=O)NCCCC[C@H](N)C(=O)N[C@H](C(=O)N[C@@H](Cc1ccc(O)cc1)C(=O)O)C(C)(C)SCNC(C)=O. The van der Waals surface area contributed by atoms with E-state index in [1.54, 1.807) is 26.0 Å². The van der Waals surface area contributed by atoms with E-state index in [1.165, 1.54) is 37.7 Å². The highest BCUT2D eigenvalue weighted by molar-refractivity contribution is 8.00. The van der Waals surface area contributed by atoms with Crippen molar-refractivity contribution in [2.75, 3.05) is 12.4 Å². The minimum Gasteiger partial charge on any atom is -0.508 e. The number of amides is 4. The molecule has 13 heteroatoms. The Hall–Kier alpha value is -3.32. The number of carbonyl (C=O) groups is 5. The number of carboxylic acids is 1. The predicted octanol–water partition coefficient (Wildman–Crippen LogP) is 0.228. The quantitative estimate of drug-likeness (QED) is 0.111. The second-order valence-electron chi connectivity index (χ2n) is 9.42. The van der Waals surface area contributed by atoms with Crippen LogP contribution in [0.3, 0.4) is 0 Å². The number of rotatable bonds is 16. The molecule has 1 rings (SSSR count). The number of benzene rings is 1. The molecule has 4 amide bonds. The zero-order chi connectivity index (χ0) is 28.9. The van der Waals surface area contributed by atoms with Gasteiger partial charge in [0.15, 0.2) is 0 Å². The molecule has 0 radical (unpaired) electrons. The molecule has 0 saturated heterocycles. The second-order valence-corrected chi connectivity index (χ2v) is 11.1. The minimum atomic E-state index is -1.30. The van der Waals surface area contributed by atoms with E-state index >= 15 is 0 Å². The molecular formula is C25H39N5O7S. The van der Waals surface area contributed by atoms with E-state index in [1.807, 2.05) is 0 Å². The number of thioether (sulfide) groups is 1. The number of nitrogens with two attached hydrogens (primary N) is 1. The molecule has 1 aromatic carbocycles. The molecule has 38 heavy (non-hydrogen) atoms. The summed E-state index contributed by atoms with van der Waals surface area (Å²) in [6.45, 7) is 6.61. The van der Waals surface area contributed by atoms with E-state index in [4.69, 9.17) is 5.73 Å². The molecule has 0 heterocycles. The molecule has 0 aliphatic heterocycles. The molecule has 0 aromatic heterocycles. The van der Waals surface area contributed by atoms with E-state index in [0.29, 0.717) is 31.4 Å². The Labute approximate surface area is 226 Å². The maximum absolute atomic E-state index is 13.4. The van der Waals surface area contributed by atoms with Crippen LogP contribution in [0, 0.1) is 0 Å². The van der Waals surface area contributed by atoms with Gasteiger partial charge in [-0.15, -0.1) is 11.8 Å². The number of aromatic hydroxyl groups is 1. The third-order valence-electron chi connectivity index (χ3n) is 5.65. The molecule has 12 nitrogen and oxygen atoms in total. The maximum Gasteiger partial charge on any atom is 0.326 e. The third kappa shape index (κ3) is 12.3. The van der Waals surface area contributed by atoms with Crippen LogP contribution in [-0.2, 0) is 30.4 Å². The van der Waals surface area contributed by atoms with Gasteiger partial charge in [0.25, 0.3) is 0 Å². The largest absolute Gasteiger partial charge is 0.508 e. The number of phenolic OH excluding ortho intramolecular Hbond substituents is 1. The molecule has 1 aromatic rings. The van der Waals surface area contributed by atoms with Crippen LogP contribution < -0.4 is 27.0 Å². The van der Waals surface area contributed by atoms with Crippen molar-refractivity contribution in [1.82, 2.24) is 21.3 Å². The highest BCUT2D eigenvalue weighted by atomic mass is 32.2. The smallest absolute Gasteiger partial charge is 0.326 e. The molecule has 0 aliphatic rings. The van der Waals surface area contributed by atoms with Crippen LogP contribution in [0.2, 0.25) is 0 Å². The predicted molar refractivity (Wildman–Crippen MR) is 144 cm³/mol. The number of hydrogen-bond donors (Lipinski definition) is 7. The van der Waals surface area contributed by atoms with E-state index in [9.17, 15) is 34.2 Å². The van der Waals surface area contributed by atoms with Gasteiger partial charge < -0.3 is 37.2 Å². The summed E-state index contributed by atoms with van der Waals surface area (Å²) >= 11 is 1.20. The number of phenols is 1. The Morgan fingerprint density at radius 3 is 2.11 bits per heavy atom. The van der Waals surface area contributed by atoms with Gasteiger partial charge in [0.2, 0.25) is 23.6 Å². The van der Waals surface area contributed by atoms with E-state index in [0.717, 1.165) is 0 Å². The first-order chi connectivity index (χ1) is 17.7. The van der Waals surface area contributed by atoms with Crippen LogP contribution in [0.15, 0.2) is 24.3 Å². The lowest BCUT2D eigenvalue weighted by atomic mass is 9.99. The van der Waals surface area contributed by atoms with Gasteiger partial charge in [-0.25, -0.2) is 4.79 Å². The van der Waals surface area contributed by atoms with Crippen LogP contribution >= 0.6 is 11.8 Å². The fourth-order valence-electron chi connectivity index (χ4n) is 3.42. The summed E-state index contributed by atoms with van der Waals surface area (Å²) < 4.78 is -0.963. The van der Waals surface area contributed by atoms with Crippen molar-refractivity contribution < 1.29 is 34.2 Å². The first-order valence-corrected chi connectivity index (χ1v) is 13.2. The fourth-order valence-corrected chi connectivity index (χ4v) is 4.40. The molecule has 3 atom stereocenters. The molecule has 212 valence electrons. The van der Waals surface area contributed by atoms with Gasteiger partial charge in [0, 0.05) is 31.6 Å². The second kappa shape index (κ2) is 15.8. The van der Waals surface area contributed by atoms with Crippen molar-refractivity contribution in [3.8, 4) is 5.75 Å².